The lowest BCUT2D eigenvalue weighted by atomic mass is 10.2. The molecule has 5 heteroatoms. The Labute approximate surface area is 124 Å². The lowest BCUT2D eigenvalue weighted by molar-refractivity contribution is 0.353. The van der Waals surface area contributed by atoms with Crippen molar-refractivity contribution in [2.75, 3.05) is 32.5 Å². The molecule has 108 valence electrons. The van der Waals surface area contributed by atoms with Gasteiger partial charge in [-0.1, -0.05) is 0 Å². The molecule has 0 spiro atoms. The molecule has 0 bridgehead atoms. The van der Waals surface area contributed by atoms with Gasteiger partial charge in [-0.3, -0.25) is 0 Å². The van der Waals surface area contributed by atoms with Crippen molar-refractivity contribution in [3.05, 3.63) is 17.7 Å². The Bertz CT molecular complexity index is 399. The highest BCUT2D eigenvalue weighted by atomic mass is 32.2. The minimum atomic E-state index is 0.498. The molecule has 19 heavy (non-hydrogen) atoms. The molecule has 1 rings (SSSR count). The van der Waals surface area contributed by atoms with Crippen molar-refractivity contribution in [1.82, 2.24) is 5.32 Å². The molecule has 1 N–H and O–H groups in total. The lowest BCUT2D eigenvalue weighted by Crippen LogP contribution is -2.27. The van der Waals surface area contributed by atoms with E-state index in [0.29, 0.717) is 6.04 Å². The molecule has 0 saturated heterocycles. The highest BCUT2D eigenvalue weighted by Crippen LogP contribution is 2.34. The summed E-state index contributed by atoms with van der Waals surface area (Å²) in [5.74, 6) is 2.68. The Hall–Kier alpha value is -0.520. The maximum Gasteiger partial charge on any atom is 0.161 e. The van der Waals surface area contributed by atoms with Gasteiger partial charge in [-0.2, -0.15) is 11.8 Å². The fourth-order valence-electron chi connectivity index (χ4n) is 1.82. The smallest absolute Gasteiger partial charge is 0.161 e. The van der Waals surface area contributed by atoms with E-state index in [2.05, 4.69) is 30.8 Å². The SMILES string of the molecule is COc1cc(CNC(C)CSC)c(SC)cc1OC. The summed E-state index contributed by atoms with van der Waals surface area (Å²) in [5.41, 5.74) is 1.25. The van der Waals surface area contributed by atoms with Gasteiger partial charge in [0.1, 0.15) is 0 Å². The van der Waals surface area contributed by atoms with E-state index in [9.17, 15) is 0 Å². The third-order valence-electron chi connectivity index (χ3n) is 2.84. The summed E-state index contributed by atoms with van der Waals surface area (Å²) in [7, 11) is 3.34. The van der Waals surface area contributed by atoms with Crippen LogP contribution in [-0.4, -0.2) is 38.5 Å². The normalized spacial score (nSPS) is 12.3. The van der Waals surface area contributed by atoms with Crippen molar-refractivity contribution in [2.24, 2.45) is 0 Å². The Morgan fingerprint density at radius 1 is 1.16 bits per heavy atom. The molecule has 0 aliphatic carbocycles. The molecule has 0 fully saturated rings. The standard InChI is InChI=1S/C14H23NO2S2/c1-10(9-18-4)15-8-11-6-12(16-2)13(17-3)7-14(11)19-5/h6-7,10,15H,8-9H2,1-5H3. The Morgan fingerprint density at radius 2 is 1.79 bits per heavy atom. The summed E-state index contributed by atoms with van der Waals surface area (Å²) in [4.78, 5) is 1.22. The van der Waals surface area contributed by atoms with Crippen LogP contribution in [0.1, 0.15) is 12.5 Å². The van der Waals surface area contributed by atoms with Crippen LogP contribution in [0.5, 0.6) is 11.5 Å². The zero-order chi connectivity index (χ0) is 14.3. The third-order valence-corrected chi connectivity index (χ3v) is 4.50. The van der Waals surface area contributed by atoms with Crippen molar-refractivity contribution in [2.45, 2.75) is 24.4 Å². The highest BCUT2D eigenvalue weighted by molar-refractivity contribution is 7.98. The van der Waals surface area contributed by atoms with Crippen molar-refractivity contribution in [3.63, 3.8) is 0 Å². The maximum absolute atomic E-state index is 5.36. The van der Waals surface area contributed by atoms with Crippen LogP contribution in [0.4, 0.5) is 0 Å². The number of thioether (sulfide) groups is 2. The topological polar surface area (TPSA) is 30.5 Å². The van der Waals surface area contributed by atoms with E-state index in [-0.39, 0.29) is 0 Å². The fourth-order valence-corrected chi connectivity index (χ4v) is 3.06. The molecular weight excluding hydrogens is 278 g/mol. The van der Waals surface area contributed by atoms with Gasteiger partial charge in [0.25, 0.3) is 0 Å². The highest BCUT2D eigenvalue weighted by Gasteiger charge is 2.11. The van der Waals surface area contributed by atoms with Crippen molar-refractivity contribution < 1.29 is 9.47 Å². The molecule has 0 radical (unpaired) electrons. The summed E-state index contributed by atoms with van der Waals surface area (Å²) in [6.45, 7) is 3.05. The molecule has 1 atom stereocenters. The number of ether oxygens (including phenoxy) is 2. The average molecular weight is 301 g/mol. The summed E-state index contributed by atoms with van der Waals surface area (Å²) in [5, 5.41) is 3.53. The second-order valence-electron chi connectivity index (χ2n) is 4.26. The summed E-state index contributed by atoms with van der Waals surface area (Å²) >= 11 is 3.58. The number of rotatable bonds is 8. The van der Waals surface area contributed by atoms with Gasteiger partial charge in [0, 0.05) is 23.2 Å². The van der Waals surface area contributed by atoms with Crippen LogP contribution in [0.3, 0.4) is 0 Å². The van der Waals surface area contributed by atoms with Crippen LogP contribution in [0.2, 0.25) is 0 Å². The van der Waals surface area contributed by atoms with Gasteiger partial charge in [-0.05, 0) is 37.1 Å². The van der Waals surface area contributed by atoms with Gasteiger partial charge in [-0.15, -0.1) is 11.8 Å². The first-order valence-corrected chi connectivity index (χ1v) is 8.79. The van der Waals surface area contributed by atoms with Gasteiger partial charge in [0.15, 0.2) is 11.5 Å². The van der Waals surface area contributed by atoms with E-state index >= 15 is 0 Å². The molecule has 0 aromatic heterocycles. The first-order valence-electron chi connectivity index (χ1n) is 6.17. The molecule has 3 nitrogen and oxygen atoms in total. The number of hydrogen-bond acceptors (Lipinski definition) is 5. The number of hydrogen-bond donors (Lipinski definition) is 1. The van der Waals surface area contributed by atoms with E-state index in [4.69, 9.17) is 9.47 Å². The molecule has 0 saturated carbocycles. The Morgan fingerprint density at radius 3 is 2.32 bits per heavy atom. The zero-order valence-electron chi connectivity index (χ0n) is 12.3. The van der Waals surface area contributed by atoms with Gasteiger partial charge < -0.3 is 14.8 Å². The first kappa shape index (κ1) is 16.5. The van der Waals surface area contributed by atoms with Crippen molar-refractivity contribution in [3.8, 4) is 11.5 Å². The van der Waals surface area contributed by atoms with Crippen LogP contribution in [-0.2, 0) is 6.54 Å². The quantitative estimate of drug-likeness (QED) is 0.745. The maximum atomic E-state index is 5.36. The number of nitrogens with one attached hydrogen (secondary N) is 1. The average Bonchev–Trinajstić information content (AvgIpc) is 2.44. The van der Waals surface area contributed by atoms with E-state index in [1.165, 1.54) is 10.5 Å². The largest absolute Gasteiger partial charge is 0.493 e. The van der Waals surface area contributed by atoms with Crippen LogP contribution in [0, 0.1) is 0 Å². The molecule has 0 aliphatic heterocycles. The number of methoxy groups -OCH3 is 2. The van der Waals surface area contributed by atoms with Gasteiger partial charge >= 0.3 is 0 Å². The van der Waals surface area contributed by atoms with Crippen molar-refractivity contribution >= 4 is 23.5 Å². The van der Waals surface area contributed by atoms with Crippen LogP contribution in [0.15, 0.2) is 17.0 Å². The van der Waals surface area contributed by atoms with Crippen LogP contribution >= 0.6 is 23.5 Å². The summed E-state index contributed by atoms with van der Waals surface area (Å²) in [6.07, 6.45) is 4.21. The van der Waals surface area contributed by atoms with Gasteiger partial charge in [0.2, 0.25) is 0 Å². The Kier molecular flexibility index (Phi) is 7.49. The minimum absolute atomic E-state index is 0.498. The number of benzene rings is 1. The van der Waals surface area contributed by atoms with Crippen LogP contribution in [0.25, 0.3) is 0 Å². The van der Waals surface area contributed by atoms with E-state index in [1.54, 1.807) is 26.0 Å². The fraction of sp³-hybridized carbons (Fsp3) is 0.571. The van der Waals surface area contributed by atoms with Crippen molar-refractivity contribution in [1.29, 1.82) is 0 Å². The zero-order valence-corrected chi connectivity index (χ0v) is 13.9. The molecule has 0 heterocycles. The van der Waals surface area contributed by atoms with Gasteiger partial charge in [0.05, 0.1) is 14.2 Å². The molecule has 0 amide bonds. The predicted molar refractivity (Wildman–Crippen MR) is 86.0 cm³/mol. The molecule has 1 aromatic rings. The van der Waals surface area contributed by atoms with E-state index < -0.39 is 0 Å². The second-order valence-corrected chi connectivity index (χ2v) is 6.02. The Balaban J connectivity index is 2.86. The van der Waals surface area contributed by atoms with Crippen LogP contribution < -0.4 is 14.8 Å². The predicted octanol–water partition coefficient (Wildman–Crippen LogP) is 3.27. The summed E-state index contributed by atoms with van der Waals surface area (Å²) < 4.78 is 10.7. The summed E-state index contributed by atoms with van der Waals surface area (Å²) in [6, 6.07) is 4.60. The van der Waals surface area contributed by atoms with E-state index in [1.807, 2.05) is 17.8 Å². The van der Waals surface area contributed by atoms with Gasteiger partial charge in [-0.25, -0.2) is 0 Å². The molecular formula is C14H23NO2S2. The molecule has 1 unspecified atom stereocenters. The minimum Gasteiger partial charge on any atom is -0.493 e. The monoisotopic (exact) mass is 301 g/mol. The second kappa shape index (κ2) is 8.61. The lowest BCUT2D eigenvalue weighted by Gasteiger charge is -2.16. The molecule has 0 aliphatic rings. The van der Waals surface area contributed by atoms with E-state index in [0.717, 1.165) is 23.8 Å². The molecule has 1 aromatic carbocycles. The first-order chi connectivity index (χ1) is 9.15. The third kappa shape index (κ3) is 4.82.